The highest BCUT2D eigenvalue weighted by Gasteiger charge is 2.20. The van der Waals surface area contributed by atoms with Crippen molar-refractivity contribution in [2.24, 2.45) is 0 Å². The second-order valence-corrected chi connectivity index (χ2v) is 4.85. The van der Waals surface area contributed by atoms with Crippen molar-refractivity contribution < 1.29 is 9.21 Å². The maximum Gasteiger partial charge on any atom is 0.246 e. The van der Waals surface area contributed by atoms with Crippen LogP contribution in [0.5, 0.6) is 0 Å². The number of carbonyl (C=O) groups is 1. The lowest BCUT2D eigenvalue weighted by Gasteiger charge is -2.34. The van der Waals surface area contributed by atoms with Crippen LogP contribution in [0.2, 0.25) is 0 Å². The number of furan rings is 1. The van der Waals surface area contributed by atoms with Crippen molar-refractivity contribution in [3.8, 4) is 0 Å². The fraction of sp³-hybridized carbons (Fsp3) is 0.250. The van der Waals surface area contributed by atoms with Crippen molar-refractivity contribution in [3.63, 3.8) is 0 Å². The second-order valence-electron chi connectivity index (χ2n) is 4.85. The fourth-order valence-corrected chi connectivity index (χ4v) is 2.34. The Hall–Kier alpha value is -2.56. The van der Waals surface area contributed by atoms with Crippen LogP contribution in [-0.4, -0.2) is 42.0 Å². The van der Waals surface area contributed by atoms with Crippen LogP contribution in [0, 0.1) is 0 Å². The molecule has 0 radical (unpaired) electrons. The summed E-state index contributed by atoms with van der Waals surface area (Å²) in [5.41, 5.74) is 0. The lowest BCUT2D eigenvalue weighted by atomic mass is 10.3. The molecule has 3 heterocycles. The molecule has 0 aliphatic carbocycles. The molecule has 108 valence electrons. The Morgan fingerprint density at radius 1 is 1.14 bits per heavy atom. The predicted octanol–water partition coefficient (Wildman–Crippen LogP) is 2.04. The molecule has 0 atom stereocenters. The lowest BCUT2D eigenvalue weighted by Crippen LogP contribution is -2.48. The van der Waals surface area contributed by atoms with Crippen molar-refractivity contribution in [3.05, 3.63) is 54.6 Å². The molecule has 1 aliphatic heterocycles. The lowest BCUT2D eigenvalue weighted by molar-refractivity contribution is -0.126. The Labute approximate surface area is 123 Å². The Morgan fingerprint density at radius 3 is 2.67 bits per heavy atom. The smallest absolute Gasteiger partial charge is 0.246 e. The van der Waals surface area contributed by atoms with Gasteiger partial charge in [-0.2, -0.15) is 0 Å². The molecule has 2 aromatic heterocycles. The van der Waals surface area contributed by atoms with Gasteiger partial charge in [0.15, 0.2) is 0 Å². The van der Waals surface area contributed by atoms with Crippen LogP contribution < -0.4 is 4.90 Å². The van der Waals surface area contributed by atoms with E-state index in [1.807, 2.05) is 29.2 Å². The topological polar surface area (TPSA) is 49.6 Å². The number of pyridine rings is 1. The Kier molecular flexibility index (Phi) is 4.00. The molecule has 1 aliphatic rings. The largest absolute Gasteiger partial charge is 0.465 e. The maximum atomic E-state index is 12.1. The zero-order chi connectivity index (χ0) is 14.5. The van der Waals surface area contributed by atoms with Gasteiger partial charge in [0.2, 0.25) is 5.91 Å². The quantitative estimate of drug-likeness (QED) is 0.809. The van der Waals surface area contributed by atoms with Gasteiger partial charge in [0.25, 0.3) is 0 Å². The van der Waals surface area contributed by atoms with Crippen LogP contribution in [0.3, 0.4) is 0 Å². The summed E-state index contributed by atoms with van der Waals surface area (Å²) in [6.45, 7) is 3.02. The van der Waals surface area contributed by atoms with Gasteiger partial charge in [-0.05, 0) is 30.3 Å². The van der Waals surface area contributed by atoms with Gasteiger partial charge in [0.05, 0.1) is 6.26 Å². The van der Waals surface area contributed by atoms with Crippen molar-refractivity contribution in [2.45, 2.75) is 0 Å². The number of aromatic nitrogens is 1. The molecule has 2 aromatic rings. The molecule has 1 amide bonds. The summed E-state index contributed by atoms with van der Waals surface area (Å²) in [4.78, 5) is 20.5. The molecule has 0 spiro atoms. The summed E-state index contributed by atoms with van der Waals surface area (Å²) in [6.07, 6.45) is 6.65. The van der Waals surface area contributed by atoms with Gasteiger partial charge in [-0.25, -0.2) is 4.98 Å². The SMILES string of the molecule is O=C(C=Cc1ccco1)N1CCN(c2ccccn2)CC1. The van der Waals surface area contributed by atoms with Crippen molar-refractivity contribution in [1.82, 2.24) is 9.88 Å². The first kappa shape index (κ1) is 13.4. The molecule has 0 bridgehead atoms. The summed E-state index contributed by atoms with van der Waals surface area (Å²) in [7, 11) is 0. The van der Waals surface area contributed by atoms with E-state index < -0.39 is 0 Å². The molecule has 0 aromatic carbocycles. The highest BCUT2D eigenvalue weighted by molar-refractivity contribution is 5.91. The first-order valence-electron chi connectivity index (χ1n) is 6.99. The van der Waals surface area contributed by atoms with Crippen LogP contribution in [0.4, 0.5) is 5.82 Å². The van der Waals surface area contributed by atoms with Crippen molar-refractivity contribution >= 4 is 17.8 Å². The van der Waals surface area contributed by atoms with E-state index in [9.17, 15) is 4.79 Å². The predicted molar refractivity (Wildman–Crippen MR) is 80.8 cm³/mol. The molecule has 1 fully saturated rings. The number of nitrogens with zero attached hydrogens (tertiary/aromatic N) is 3. The standard InChI is InChI=1S/C16H17N3O2/c20-16(7-6-14-4-3-13-21-14)19-11-9-18(10-12-19)15-5-1-2-8-17-15/h1-8,13H,9-12H2. The third-order valence-electron chi connectivity index (χ3n) is 3.50. The minimum absolute atomic E-state index is 0.0204. The molecule has 21 heavy (non-hydrogen) atoms. The number of anilines is 1. The summed E-state index contributed by atoms with van der Waals surface area (Å²) in [5.74, 6) is 1.68. The van der Waals surface area contributed by atoms with E-state index in [4.69, 9.17) is 4.42 Å². The van der Waals surface area contributed by atoms with Crippen LogP contribution in [0.15, 0.2) is 53.3 Å². The van der Waals surface area contributed by atoms with E-state index >= 15 is 0 Å². The number of piperazine rings is 1. The Balaban J connectivity index is 1.55. The van der Waals surface area contributed by atoms with E-state index in [1.165, 1.54) is 0 Å². The number of hydrogen-bond acceptors (Lipinski definition) is 4. The first-order chi connectivity index (χ1) is 10.3. The van der Waals surface area contributed by atoms with Crippen LogP contribution in [0.1, 0.15) is 5.76 Å². The number of rotatable bonds is 3. The van der Waals surface area contributed by atoms with Gasteiger partial charge in [-0.1, -0.05) is 6.07 Å². The van der Waals surface area contributed by atoms with Crippen molar-refractivity contribution in [2.75, 3.05) is 31.1 Å². The van der Waals surface area contributed by atoms with E-state index in [1.54, 1.807) is 30.7 Å². The van der Waals surface area contributed by atoms with E-state index in [0.29, 0.717) is 18.8 Å². The molecule has 0 saturated carbocycles. The summed E-state index contributed by atoms with van der Waals surface area (Å²) >= 11 is 0. The van der Waals surface area contributed by atoms with Gasteiger partial charge in [-0.3, -0.25) is 4.79 Å². The summed E-state index contributed by atoms with van der Waals surface area (Å²) < 4.78 is 5.17. The number of amides is 1. The van der Waals surface area contributed by atoms with E-state index in [0.717, 1.165) is 18.9 Å². The molecule has 0 N–H and O–H groups in total. The normalized spacial score (nSPS) is 15.6. The van der Waals surface area contributed by atoms with Gasteiger partial charge in [-0.15, -0.1) is 0 Å². The molecular weight excluding hydrogens is 266 g/mol. The third-order valence-corrected chi connectivity index (χ3v) is 3.50. The van der Waals surface area contributed by atoms with Crippen LogP contribution in [0.25, 0.3) is 6.08 Å². The van der Waals surface area contributed by atoms with Gasteiger partial charge in [0, 0.05) is 38.5 Å². The summed E-state index contributed by atoms with van der Waals surface area (Å²) in [5, 5.41) is 0. The van der Waals surface area contributed by atoms with Crippen LogP contribution >= 0.6 is 0 Å². The van der Waals surface area contributed by atoms with Gasteiger partial charge >= 0.3 is 0 Å². The highest BCUT2D eigenvalue weighted by Crippen LogP contribution is 2.13. The van der Waals surface area contributed by atoms with E-state index in [-0.39, 0.29) is 5.91 Å². The monoisotopic (exact) mass is 283 g/mol. The Morgan fingerprint density at radius 2 is 2.00 bits per heavy atom. The third kappa shape index (κ3) is 3.31. The summed E-state index contributed by atoms with van der Waals surface area (Å²) in [6, 6.07) is 9.50. The average Bonchev–Trinajstić information content (AvgIpc) is 3.07. The first-order valence-corrected chi connectivity index (χ1v) is 6.99. The molecule has 3 rings (SSSR count). The zero-order valence-electron chi connectivity index (χ0n) is 11.7. The minimum Gasteiger partial charge on any atom is -0.465 e. The van der Waals surface area contributed by atoms with Crippen LogP contribution in [-0.2, 0) is 4.79 Å². The molecule has 1 saturated heterocycles. The molecule has 0 unspecified atom stereocenters. The second kappa shape index (κ2) is 6.26. The minimum atomic E-state index is 0.0204. The fourth-order valence-electron chi connectivity index (χ4n) is 2.34. The zero-order valence-corrected chi connectivity index (χ0v) is 11.7. The highest BCUT2D eigenvalue weighted by atomic mass is 16.3. The van der Waals surface area contributed by atoms with E-state index in [2.05, 4.69) is 9.88 Å². The van der Waals surface area contributed by atoms with Crippen molar-refractivity contribution in [1.29, 1.82) is 0 Å². The maximum absolute atomic E-state index is 12.1. The number of carbonyl (C=O) groups excluding carboxylic acids is 1. The average molecular weight is 283 g/mol. The van der Waals surface area contributed by atoms with Gasteiger partial charge < -0.3 is 14.2 Å². The Bertz CT molecular complexity index is 600. The molecule has 5 heteroatoms. The van der Waals surface area contributed by atoms with Gasteiger partial charge in [0.1, 0.15) is 11.6 Å². The number of hydrogen-bond donors (Lipinski definition) is 0. The molecular formula is C16H17N3O2. The molecule has 5 nitrogen and oxygen atoms in total.